The molecule has 0 rings (SSSR count). The van der Waals surface area contributed by atoms with Gasteiger partial charge in [0.1, 0.15) is 0 Å². The topological polar surface area (TPSA) is 42.7 Å². The molecule has 0 heterocycles. The van der Waals surface area contributed by atoms with Crippen LogP contribution in [0, 0.1) is 14.9 Å². The summed E-state index contributed by atoms with van der Waals surface area (Å²) in [5.41, 5.74) is 0. The van der Waals surface area contributed by atoms with E-state index in [2.05, 4.69) is 19.6 Å². The first-order valence-corrected chi connectivity index (χ1v) is 5.52. The third kappa shape index (κ3) is 48.6. The van der Waals surface area contributed by atoms with Gasteiger partial charge in [0.2, 0.25) is 0 Å². The zero-order valence-corrected chi connectivity index (χ0v) is 14.6. The molecule has 11 heavy (non-hydrogen) atoms. The molecule has 5 heteroatoms. The predicted molar refractivity (Wildman–Crippen MR) is 48.5 cm³/mol. The largest absolute Gasteiger partial charge is 3.00 e. The van der Waals surface area contributed by atoms with Crippen LogP contribution in [0.15, 0.2) is 0 Å². The van der Waals surface area contributed by atoms with Crippen LogP contribution in [-0.4, -0.2) is 15.4 Å². The van der Waals surface area contributed by atoms with E-state index in [1.807, 2.05) is 0 Å². The van der Waals surface area contributed by atoms with Gasteiger partial charge < -0.3 is 25.4 Å². The van der Waals surface area contributed by atoms with Crippen molar-refractivity contribution < 1.29 is 57.2 Å². The summed E-state index contributed by atoms with van der Waals surface area (Å²) >= 11 is 0. The number of rotatable bonds is 1. The number of nitrogens with two attached hydrogens (primary N) is 1. The van der Waals surface area contributed by atoms with Gasteiger partial charge in [0.15, 0.2) is 8.32 Å². The van der Waals surface area contributed by atoms with Crippen LogP contribution >= 0.6 is 0 Å². The molecule has 0 spiro atoms. The van der Waals surface area contributed by atoms with E-state index in [0.717, 1.165) is 0 Å². The van der Waals surface area contributed by atoms with Crippen molar-refractivity contribution in [3.8, 4) is 0 Å². The minimum Gasteiger partial charge on any atom is -0.693 e. The predicted octanol–water partition coefficient (Wildman–Crippen LogP) is 3.08. The van der Waals surface area contributed by atoms with E-state index in [4.69, 9.17) is 4.43 Å². The molecule has 0 aromatic heterocycles. The molecule has 0 aliphatic heterocycles. The van der Waals surface area contributed by atoms with E-state index >= 15 is 0 Å². The summed E-state index contributed by atoms with van der Waals surface area (Å²) in [6, 6.07) is 0. The van der Waals surface area contributed by atoms with E-state index < -0.39 is 8.32 Å². The molecule has 0 unspecified atom stereocenters. The summed E-state index contributed by atoms with van der Waals surface area (Å²) < 4.78 is 5.08. The molecule has 0 aliphatic rings. The Hall–Kier alpha value is 1.89. The van der Waals surface area contributed by atoms with Crippen molar-refractivity contribution in [1.82, 2.24) is 0 Å². The molecule has 0 aromatic rings. The van der Waals surface area contributed by atoms with Crippen LogP contribution in [0.4, 0.5) is 0 Å². The van der Waals surface area contributed by atoms with Gasteiger partial charge in [-0.05, 0) is 19.6 Å². The Labute approximate surface area is 112 Å². The smallest absolute Gasteiger partial charge is 0.693 e. The summed E-state index contributed by atoms with van der Waals surface area (Å²) in [5.74, 6) is 0. The van der Waals surface area contributed by atoms with Gasteiger partial charge >= 0.3 is 20.1 Å². The van der Waals surface area contributed by atoms with Crippen molar-refractivity contribution in [2.75, 3.05) is 7.11 Å². The fourth-order valence-electron chi connectivity index (χ4n) is 0. The molecule has 2 N–H and O–H groups in total. The Morgan fingerprint density at radius 1 is 1.00 bits per heavy atom. The van der Waals surface area contributed by atoms with Crippen molar-refractivity contribution >= 4 is 8.32 Å². The third-order valence-electron chi connectivity index (χ3n) is 0.612. The second-order valence-corrected chi connectivity index (χ2v) is 6.95. The normalized spacial score (nSPS) is 6.55. The summed E-state index contributed by atoms with van der Waals surface area (Å²) in [6.07, 6.45) is 0. The van der Waals surface area contributed by atoms with E-state index in [1.165, 1.54) is 0 Å². The van der Waals surface area contributed by atoms with Crippen LogP contribution in [0.3, 0.4) is 0 Å². The van der Waals surface area contributed by atoms with Gasteiger partial charge in [0, 0.05) is 39.8 Å². The molecule has 0 atom stereocenters. The Bertz CT molecular complexity index is 52.3. The molecule has 0 amide bonds. The number of hydrogen-bond acceptors (Lipinski definition) is 1. The average Bonchev–Trinajstić information content (AvgIpc) is 1.35. The fraction of sp³-hybridized carbons (Fsp3) is 0.667. The standard InChI is InChI=1S/C4H12OSi.2CH3.Ir.H2N.Y/c1-5-6(2,3)4;;;;;/h1-4H3;2*1H3;;1H2;/q;2*-1;+3;-1;. The molecular weight excluding hydrogens is 411 g/mol. The van der Waals surface area contributed by atoms with Crippen molar-refractivity contribution in [2.45, 2.75) is 19.6 Å². The molecule has 2 nitrogen and oxygen atoms in total. The van der Waals surface area contributed by atoms with Gasteiger partial charge in [-0.25, -0.2) is 0 Å². The van der Waals surface area contributed by atoms with Gasteiger partial charge in [-0.1, -0.05) is 0 Å². The second-order valence-electron chi connectivity index (χ2n) is 2.32. The number of hydrogen-bond donors (Lipinski definition) is 0. The van der Waals surface area contributed by atoms with E-state index in [9.17, 15) is 0 Å². The maximum Gasteiger partial charge on any atom is 3.00 e. The second kappa shape index (κ2) is 17.8. The molecule has 71 valence electrons. The van der Waals surface area contributed by atoms with E-state index in [-0.39, 0.29) is 73.8 Å². The van der Waals surface area contributed by atoms with Crippen LogP contribution in [0.25, 0.3) is 6.15 Å². The zero-order valence-electron chi connectivity index (χ0n) is 8.40. The van der Waals surface area contributed by atoms with Crippen molar-refractivity contribution in [1.29, 1.82) is 0 Å². The summed E-state index contributed by atoms with van der Waals surface area (Å²) in [7, 11) is 0.639. The monoisotopic (exact) mass is 432 g/mol. The summed E-state index contributed by atoms with van der Waals surface area (Å²) in [4.78, 5) is 0. The van der Waals surface area contributed by atoms with Gasteiger partial charge in [-0.3, -0.25) is 0 Å². The average molecular weight is 431 g/mol. The van der Waals surface area contributed by atoms with Crippen molar-refractivity contribution in [3.63, 3.8) is 0 Å². The van der Waals surface area contributed by atoms with Gasteiger partial charge in [0.05, 0.1) is 0 Å². The first-order chi connectivity index (χ1) is 2.56. The maximum atomic E-state index is 5.08. The summed E-state index contributed by atoms with van der Waals surface area (Å²) in [5, 5.41) is 0. The maximum absolute atomic E-state index is 5.08. The molecular formula is C6H20IrNOSiY. The summed E-state index contributed by atoms with van der Waals surface area (Å²) in [6.45, 7) is 6.48. The first-order valence-electron chi connectivity index (χ1n) is 2.11. The molecule has 0 bridgehead atoms. The molecule has 0 saturated heterocycles. The molecule has 1 radical (unpaired) electrons. The Kier molecular flexibility index (Phi) is 62.3. The first kappa shape index (κ1) is 38.4. The van der Waals surface area contributed by atoms with Gasteiger partial charge in [-0.15, -0.1) is 0 Å². The fourth-order valence-corrected chi connectivity index (χ4v) is 0. The van der Waals surface area contributed by atoms with Crippen LogP contribution in [0.2, 0.25) is 19.6 Å². The SMILES string of the molecule is CO[Si](C)(C)C.[CH3-].[CH3-].[Ir+3].[NH2-].[Y]. The molecule has 0 aromatic carbocycles. The molecule has 0 saturated carbocycles. The zero-order chi connectivity index (χ0) is 5.21. The van der Waals surface area contributed by atoms with Gasteiger partial charge in [0.25, 0.3) is 0 Å². The van der Waals surface area contributed by atoms with E-state index in [1.54, 1.807) is 7.11 Å². The van der Waals surface area contributed by atoms with Crippen LogP contribution in [0.1, 0.15) is 0 Å². The van der Waals surface area contributed by atoms with Crippen LogP contribution < -0.4 is 0 Å². The quantitative estimate of drug-likeness (QED) is 0.465. The Morgan fingerprint density at radius 3 is 1.09 bits per heavy atom. The van der Waals surface area contributed by atoms with Gasteiger partial charge in [-0.2, -0.15) is 0 Å². The minimum absolute atomic E-state index is 0. The molecule has 0 fully saturated rings. The van der Waals surface area contributed by atoms with Crippen LogP contribution in [-0.2, 0) is 57.2 Å². The van der Waals surface area contributed by atoms with Crippen molar-refractivity contribution in [2.24, 2.45) is 0 Å². The third-order valence-corrected chi connectivity index (χ3v) is 1.84. The Balaban J connectivity index is -0.0000000125. The van der Waals surface area contributed by atoms with Crippen LogP contribution in [0.5, 0.6) is 0 Å². The Morgan fingerprint density at radius 2 is 1.09 bits per heavy atom. The van der Waals surface area contributed by atoms with Crippen molar-refractivity contribution in [3.05, 3.63) is 21.0 Å². The molecule has 0 aliphatic carbocycles. The minimum atomic E-state index is -1.13. The van der Waals surface area contributed by atoms with E-state index in [0.29, 0.717) is 0 Å².